The summed E-state index contributed by atoms with van der Waals surface area (Å²) in [6, 6.07) is 9.84. The van der Waals surface area contributed by atoms with Gasteiger partial charge in [0.25, 0.3) is 5.91 Å². The highest BCUT2D eigenvalue weighted by Crippen LogP contribution is 2.34. The molecule has 0 aliphatic carbocycles. The van der Waals surface area contributed by atoms with Crippen LogP contribution >= 0.6 is 0 Å². The summed E-state index contributed by atoms with van der Waals surface area (Å²) in [5.41, 5.74) is 0.575. The SMILES string of the molecule is CCC1(c2ccc(OC)c(C)c2)NC(=O)N(CC(=O)Nc2ccc(F)cc2)C1=O. The number of aryl methyl sites for hydroxylation is 1. The van der Waals surface area contributed by atoms with Gasteiger partial charge in [0.15, 0.2) is 0 Å². The number of nitrogens with one attached hydrogen (secondary N) is 2. The van der Waals surface area contributed by atoms with E-state index in [1.165, 1.54) is 24.3 Å². The largest absolute Gasteiger partial charge is 0.496 e. The second-order valence-electron chi connectivity index (χ2n) is 6.82. The molecule has 3 rings (SSSR count). The summed E-state index contributed by atoms with van der Waals surface area (Å²) >= 11 is 0. The first-order valence-electron chi connectivity index (χ1n) is 9.15. The maximum Gasteiger partial charge on any atom is 0.325 e. The number of methoxy groups -OCH3 is 1. The Labute approximate surface area is 167 Å². The van der Waals surface area contributed by atoms with Gasteiger partial charge in [0, 0.05) is 5.69 Å². The van der Waals surface area contributed by atoms with Crippen LogP contribution in [0.5, 0.6) is 5.75 Å². The summed E-state index contributed by atoms with van der Waals surface area (Å²) < 4.78 is 18.2. The second kappa shape index (κ2) is 7.90. The molecule has 8 heteroatoms. The van der Waals surface area contributed by atoms with Crippen LogP contribution in [-0.4, -0.2) is 36.4 Å². The Morgan fingerprint density at radius 1 is 1.21 bits per heavy atom. The summed E-state index contributed by atoms with van der Waals surface area (Å²) in [5.74, 6) is -0.811. The predicted molar refractivity (Wildman–Crippen MR) is 105 cm³/mol. The number of carbonyl (C=O) groups is 3. The molecule has 0 bridgehead atoms. The van der Waals surface area contributed by atoms with Crippen molar-refractivity contribution in [2.45, 2.75) is 25.8 Å². The van der Waals surface area contributed by atoms with Gasteiger partial charge in [0.05, 0.1) is 7.11 Å². The number of nitrogens with zero attached hydrogens (tertiary/aromatic N) is 1. The van der Waals surface area contributed by atoms with Gasteiger partial charge in [-0.1, -0.05) is 13.0 Å². The smallest absolute Gasteiger partial charge is 0.325 e. The number of ether oxygens (including phenoxy) is 1. The normalized spacial score (nSPS) is 18.6. The van der Waals surface area contributed by atoms with Gasteiger partial charge in [-0.3, -0.25) is 14.5 Å². The van der Waals surface area contributed by atoms with E-state index in [1.807, 2.05) is 6.92 Å². The van der Waals surface area contributed by atoms with E-state index in [0.717, 1.165) is 10.5 Å². The van der Waals surface area contributed by atoms with Crippen LogP contribution in [0.4, 0.5) is 14.9 Å². The summed E-state index contributed by atoms with van der Waals surface area (Å²) in [4.78, 5) is 38.9. The number of anilines is 1. The minimum absolute atomic E-state index is 0.319. The van der Waals surface area contributed by atoms with E-state index in [0.29, 0.717) is 23.4 Å². The minimum atomic E-state index is -1.25. The van der Waals surface area contributed by atoms with E-state index in [9.17, 15) is 18.8 Å². The molecule has 2 aromatic rings. The van der Waals surface area contributed by atoms with Crippen LogP contribution in [0.25, 0.3) is 0 Å². The zero-order valence-corrected chi connectivity index (χ0v) is 16.4. The highest BCUT2D eigenvalue weighted by atomic mass is 19.1. The van der Waals surface area contributed by atoms with E-state index in [4.69, 9.17) is 4.74 Å². The number of hydrogen-bond donors (Lipinski definition) is 2. The molecule has 0 radical (unpaired) electrons. The average Bonchev–Trinajstić information content (AvgIpc) is 2.94. The fraction of sp³-hybridized carbons (Fsp3) is 0.286. The first-order valence-corrected chi connectivity index (χ1v) is 9.15. The van der Waals surface area contributed by atoms with Crippen molar-refractivity contribution >= 4 is 23.5 Å². The molecule has 4 amide bonds. The van der Waals surface area contributed by atoms with E-state index >= 15 is 0 Å². The molecule has 152 valence electrons. The molecule has 1 fully saturated rings. The number of urea groups is 1. The van der Waals surface area contributed by atoms with Crippen molar-refractivity contribution in [3.8, 4) is 5.75 Å². The number of amides is 4. The first-order chi connectivity index (χ1) is 13.8. The molecule has 1 atom stereocenters. The Morgan fingerprint density at radius 2 is 1.90 bits per heavy atom. The molecule has 1 aliphatic rings. The molecule has 1 saturated heterocycles. The molecule has 1 heterocycles. The number of halogens is 1. The lowest BCUT2D eigenvalue weighted by Gasteiger charge is -2.26. The molecular weight excluding hydrogens is 377 g/mol. The van der Waals surface area contributed by atoms with Gasteiger partial charge in [0.1, 0.15) is 23.7 Å². The lowest BCUT2D eigenvalue weighted by atomic mass is 9.86. The van der Waals surface area contributed by atoms with Crippen molar-refractivity contribution < 1.29 is 23.5 Å². The Bertz CT molecular complexity index is 961. The Balaban J connectivity index is 1.81. The summed E-state index contributed by atoms with van der Waals surface area (Å²) in [6.45, 7) is 3.19. The maximum absolute atomic E-state index is 13.1. The van der Waals surface area contributed by atoms with Crippen LogP contribution in [0.2, 0.25) is 0 Å². The molecule has 2 N–H and O–H groups in total. The van der Waals surface area contributed by atoms with Crippen molar-refractivity contribution in [1.29, 1.82) is 0 Å². The number of imide groups is 1. The summed E-state index contributed by atoms with van der Waals surface area (Å²) in [6.07, 6.45) is 0.319. The topological polar surface area (TPSA) is 87.7 Å². The summed E-state index contributed by atoms with van der Waals surface area (Å²) in [7, 11) is 1.56. The van der Waals surface area contributed by atoms with Crippen LogP contribution in [-0.2, 0) is 15.1 Å². The molecular formula is C21H22FN3O4. The maximum atomic E-state index is 13.1. The lowest BCUT2D eigenvalue weighted by molar-refractivity contribution is -0.134. The Kier molecular flexibility index (Phi) is 5.54. The second-order valence-corrected chi connectivity index (χ2v) is 6.82. The first kappa shape index (κ1) is 20.3. The molecule has 7 nitrogen and oxygen atoms in total. The van der Waals surface area contributed by atoms with Crippen molar-refractivity contribution in [3.05, 3.63) is 59.4 Å². The molecule has 1 aliphatic heterocycles. The third kappa shape index (κ3) is 3.78. The third-order valence-electron chi connectivity index (χ3n) is 5.02. The number of carbonyl (C=O) groups excluding carboxylic acids is 3. The van der Waals surface area contributed by atoms with Gasteiger partial charge in [-0.15, -0.1) is 0 Å². The quantitative estimate of drug-likeness (QED) is 0.731. The molecule has 2 aromatic carbocycles. The Hall–Kier alpha value is -3.42. The highest BCUT2D eigenvalue weighted by molar-refractivity contribution is 6.10. The minimum Gasteiger partial charge on any atom is -0.496 e. The van der Waals surface area contributed by atoms with E-state index in [-0.39, 0.29) is 0 Å². The van der Waals surface area contributed by atoms with Crippen LogP contribution in [0.15, 0.2) is 42.5 Å². The molecule has 0 spiro atoms. The van der Waals surface area contributed by atoms with E-state index < -0.39 is 35.7 Å². The van der Waals surface area contributed by atoms with Crippen molar-refractivity contribution in [1.82, 2.24) is 10.2 Å². The fourth-order valence-corrected chi connectivity index (χ4v) is 3.43. The standard InChI is InChI=1S/C21H22FN3O4/c1-4-21(14-5-10-17(29-3)13(2)11-14)19(27)25(20(28)24-21)12-18(26)23-16-8-6-15(22)7-9-16/h5-11H,4,12H2,1-3H3,(H,23,26)(H,24,28). The van der Waals surface area contributed by atoms with Crippen LogP contribution in [0, 0.1) is 12.7 Å². The molecule has 29 heavy (non-hydrogen) atoms. The third-order valence-corrected chi connectivity index (χ3v) is 5.02. The number of rotatable bonds is 6. The van der Waals surface area contributed by atoms with E-state index in [1.54, 1.807) is 32.2 Å². The van der Waals surface area contributed by atoms with Gasteiger partial charge < -0.3 is 15.4 Å². The van der Waals surface area contributed by atoms with Gasteiger partial charge in [-0.2, -0.15) is 0 Å². The van der Waals surface area contributed by atoms with Crippen LogP contribution < -0.4 is 15.4 Å². The van der Waals surface area contributed by atoms with Crippen LogP contribution in [0.3, 0.4) is 0 Å². The highest BCUT2D eigenvalue weighted by Gasteiger charge is 2.51. The number of hydrogen-bond acceptors (Lipinski definition) is 4. The monoisotopic (exact) mass is 399 g/mol. The average molecular weight is 399 g/mol. The van der Waals surface area contributed by atoms with Gasteiger partial charge in [0.2, 0.25) is 5.91 Å². The Morgan fingerprint density at radius 3 is 2.48 bits per heavy atom. The van der Waals surface area contributed by atoms with Gasteiger partial charge in [-0.25, -0.2) is 9.18 Å². The summed E-state index contributed by atoms with van der Waals surface area (Å²) in [5, 5.41) is 5.29. The zero-order chi connectivity index (χ0) is 21.2. The lowest BCUT2D eigenvalue weighted by Crippen LogP contribution is -2.44. The van der Waals surface area contributed by atoms with Crippen molar-refractivity contribution in [3.63, 3.8) is 0 Å². The molecule has 1 unspecified atom stereocenters. The fourth-order valence-electron chi connectivity index (χ4n) is 3.43. The van der Waals surface area contributed by atoms with Crippen molar-refractivity contribution in [2.75, 3.05) is 19.0 Å². The number of benzene rings is 2. The van der Waals surface area contributed by atoms with E-state index in [2.05, 4.69) is 10.6 Å². The molecule has 0 saturated carbocycles. The van der Waals surface area contributed by atoms with Gasteiger partial charge in [-0.05, 0) is 60.9 Å². The van der Waals surface area contributed by atoms with Crippen LogP contribution in [0.1, 0.15) is 24.5 Å². The molecule has 0 aromatic heterocycles. The zero-order valence-electron chi connectivity index (χ0n) is 16.4. The predicted octanol–water partition coefficient (Wildman–Crippen LogP) is 2.94. The van der Waals surface area contributed by atoms with Gasteiger partial charge >= 0.3 is 6.03 Å². The van der Waals surface area contributed by atoms with Crippen molar-refractivity contribution in [2.24, 2.45) is 0 Å².